The lowest BCUT2D eigenvalue weighted by molar-refractivity contribution is 0.946. The van der Waals surface area contributed by atoms with Crippen molar-refractivity contribution in [3.8, 4) is 11.8 Å². The molecule has 3 aromatic carbocycles. The normalized spacial score (nSPS) is 11.0. The number of fused-ring (bicyclic) bond motifs is 1. The van der Waals surface area contributed by atoms with Crippen LogP contribution in [0.2, 0.25) is 0 Å². The highest BCUT2D eigenvalue weighted by atomic mass is 16.1. The number of benzene rings is 3. The summed E-state index contributed by atoms with van der Waals surface area (Å²) in [5.74, 6) is 0.329. The lowest BCUT2D eigenvalue weighted by Gasteiger charge is -2.15. The van der Waals surface area contributed by atoms with Crippen LogP contribution >= 0.6 is 0 Å². The summed E-state index contributed by atoms with van der Waals surface area (Å²) in [6.07, 6.45) is 1.62. The van der Waals surface area contributed by atoms with Gasteiger partial charge >= 0.3 is 0 Å². The van der Waals surface area contributed by atoms with Crippen molar-refractivity contribution in [2.24, 2.45) is 5.10 Å². The van der Waals surface area contributed by atoms with Crippen LogP contribution in [0.15, 0.2) is 76.6 Å². The summed E-state index contributed by atoms with van der Waals surface area (Å²) in [7, 11) is 0. The summed E-state index contributed by atoms with van der Waals surface area (Å²) in [6, 6.07) is 22.3. The minimum atomic E-state index is -0.163. The molecule has 4 rings (SSSR count). The Morgan fingerprint density at radius 3 is 2.57 bits per heavy atom. The van der Waals surface area contributed by atoms with E-state index >= 15 is 0 Å². The minimum absolute atomic E-state index is 0.163. The second-order valence-corrected chi connectivity index (χ2v) is 6.99. The maximum Gasteiger partial charge on any atom is 0.267 e. The second kappa shape index (κ2) is 8.02. The first-order valence-electron chi connectivity index (χ1n) is 9.45. The predicted molar refractivity (Wildman–Crippen MR) is 119 cm³/mol. The summed E-state index contributed by atoms with van der Waals surface area (Å²) in [5, 5.41) is 13.7. The van der Waals surface area contributed by atoms with Crippen molar-refractivity contribution in [2.75, 3.05) is 5.43 Å². The van der Waals surface area contributed by atoms with Gasteiger partial charge < -0.3 is 0 Å². The number of para-hydroxylation sites is 1. The highest BCUT2D eigenvalue weighted by molar-refractivity contribution is 5.81. The van der Waals surface area contributed by atoms with E-state index in [1.165, 1.54) is 0 Å². The van der Waals surface area contributed by atoms with Crippen molar-refractivity contribution in [3.63, 3.8) is 0 Å². The molecular weight excluding hydrogens is 374 g/mol. The van der Waals surface area contributed by atoms with Crippen LogP contribution in [0, 0.1) is 25.2 Å². The van der Waals surface area contributed by atoms with Crippen molar-refractivity contribution in [3.05, 3.63) is 99.3 Å². The molecule has 4 aromatic rings. The monoisotopic (exact) mass is 393 g/mol. The molecule has 146 valence electrons. The molecule has 1 aromatic heterocycles. The Bertz CT molecular complexity index is 1360. The van der Waals surface area contributed by atoms with Gasteiger partial charge in [0.05, 0.1) is 34.4 Å². The number of anilines is 1. The molecule has 0 amide bonds. The van der Waals surface area contributed by atoms with E-state index in [0.717, 1.165) is 22.4 Å². The van der Waals surface area contributed by atoms with Crippen LogP contribution in [-0.2, 0) is 0 Å². The molecule has 0 aliphatic heterocycles. The fourth-order valence-electron chi connectivity index (χ4n) is 3.30. The van der Waals surface area contributed by atoms with Gasteiger partial charge in [0.15, 0.2) is 0 Å². The van der Waals surface area contributed by atoms with Crippen LogP contribution in [0.4, 0.5) is 5.95 Å². The van der Waals surface area contributed by atoms with Gasteiger partial charge in [0, 0.05) is 0 Å². The van der Waals surface area contributed by atoms with Gasteiger partial charge in [-0.25, -0.2) is 15.0 Å². The maximum atomic E-state index is 13.3. The van der Waals surface area contributed by atoms with Crippen LogP contribution in [0.25, 0.3) is 16.6 Å². The highest BCUT2D eigenvalue weighted by Gasteiger charge is 2.14. The van der Waals surface area contributed by atoms with Gasteiger partial charge in [0.25, 0.3) is 5.56 Å². The molecule has 6 nitrogen and oxygen atoms in total. The van der Waals surface area contributed by atoms with Crippen LogP contribution < -0.4 is 11.0 Å². The Balaban J connectivity index is 1.80. The second-order valence-electron chi connectivity index (χ2n) is 6.99. The van der Waals surface area contributed by atoms with Crippen molar-refractivity contribution in [2.45, 2.75) is 13.8 Å². The number of nitrogens with zero attached hydrogens (tertiary/aromatic N) is 4. The molecule has 0 aliphatic carbocycles. The first-order valence-corrected chi connectivity index (χ1v) is 9.45. The van der Waals surface area contributed by atoms with Crippen molar-refractivity contribution in [1.29, 1.82) is 5.26 Å². The Kier molecular flexibility index (Phi) is 5.10. The number of hydrogen-bond acceptors (Lipinski definition) is 5. The van der Waals surface area contributed by atoms with Gasteiger partial charge in [-0.2, -0.15) is 10.4 Å². The first-order chi connectivity index (χ1) is 14.6. The SMILES string of the molecule is Cc1ccc(-n2c(N/N=C\c3ccc(C#N)cc3)nc3ccccc3c2=O)c(C)c1. The molecule has 0 bridgehead atoms. The Morgan fingerprint density at radius 2 is 1.83 bits per heavy atom. The van der Waals surface area contributed by atoms with Crippen LogP contribution in [0.3, 0.4) is 0 Å². The van der Waals surface area contributed by atoms with Crippen molar-refractivity contribution < 1.29 is 0 Å². The molecule has 0 saturated heterocycles. The van der Waals surface area contributed by atoms with Crippen LogP contribution in [0.5, 0.6) is 0 Å². The summed E-state index contributed by atoms with van der Waals surface area (Å²) in [4.78, 5) is 17.9. The molecule has 1 N–H and O–H groups in total. The van der Waals surface area contributed by atoms with E-state index in [0.29, 0.717) is 22.4 Å². The van der Waals surface area contributed by atoms with Gasteiger partial charge in [0.1, 0.15) is 0 Å². The standard InChI is InChI=1S/C24H19N5O/c1-16-7-12-22(17(2)13-16)29-23(30)20-5-3-4-6-21(20)27-24(29)28-26-15-19-10-8-18(14-25)9-11-19/h3-13,15H,1-2H3,(H,27,28)/b26-15-. The molecule has 30 heavy (non-hydrogen) atoms. The lowest BCUT2D eigenvalue weighted by atomic mass is 10.1. The van der Waals surface area contributed by atoms with Gasteiger partial charge in [-0.15, -0.1) is 0 Å². The number of hydrogen-bond donors (Lipinski definition) is 1. The average Bonchev–Trinajstić information content (AvgIpc) is 2.75. The number of nitrogens with one attached hydrogen (secondary N) is 1. The van der Waals surface area contributed by atoms with Gasteiger partial charge in [0.2, 0.25) is 5.95 Å². The topological polar surface area (TPSA) is 83.1 Å². The van der Waals surface area contributed by atoms with Gasteiger partial charge in [-0.3, -0.25) is 4.79 Å². The number of aryl methyl sites for hydroxylation is 2. The maximum absolute atomic E-state index is 13.3. The average molecular weight is 393 g/mol. The third-order valence-electron chi connectivity index (χ3n) is 4.79. The number of rotatable bonds is 4. The molecule has 0 spiro atoms. The van der Waals surface area contributed by atoms with E-state index in [-0.39, 0.29) is 5.56 Å². The third kappa shape index (κ3) is 3.69. The van der Waals surface area contributed by atoms with Gasteiger partial charge in [-0.1, -0.05) is 42.0 Å². The van der Waals surface area contributed by atoms with Crippen LogP contribution in [-0.4, -0.2) is 15.8 Å². The van der Waals surface area contributed by atoms with E-state index < -0.39 is 0 Å². The molecule has 0 fully saturated rings. The molecule has 0 saturated carbocycles. The summed E-state index contributed by atoms with van der Waals surface area (Å²) in [5.41, 5.74) is 7.59. The zero-order chi connectivity index (χ0) is 21.1. The fraction of sp³-hybridized carbons (Fsp3) is 0.0833. The van der Waals surface area contributed by atoms with Crippen molar-refractivity contribution in [1.82, 2.24) is 9.55 Å². The quantitative estimate of drug-likeness (QED) is 0.413. The summed E-state index contributed by atoms with van der Waals surface area (Å²) < 4.78 is 1.55. The smallest absolute Gasteiger partial charge is 0.267 e. The Morgan fingerprint density at radius 1 is 1.07 bits per heavy atom. The summed E-state index contributed by atoms with van der Waals surface area (Å²) in [6.45, 7) is 3.98. The van der Waals surface area contributed by atoms with E-state index in [1.54, 1.807) is 47.2 Å². The third-order valence-corrected chi connectivity index (χ3v) is 4.79. The highest BCUT2D eigenvalue weighted by Crippen LogP contribution is 2.20. The first kappa shape index (κ1) is 19.1. The lowest BCUT2D eigenvalue weighted by Crippen LogP contribution is -2.23. The van der Waals surface area contributed by atoms with E-state index in [2.05, 4.69) is 21.6 Å². The Hall–Kier alpha value is -4.24. The minimum Gasteiger partial charge on any atom is -0.268 e. The zero-order valence-corrected chi connectivity index (χ0v) is 16.6. The molecule has 0 atom stereocenters. The van der Waals surface area contributed by atoms with E-state index in [9.17, 15) is 4.79 Å². The molecule has 1 heterocycles. The summed E-state index contributed by atoms with van der Waals surface area (Å²) >= 11 is 0. The van der Waals surface area contributed by atoms with E-state index in [1.807, 2.05) is 44.2 Å². The zero-order valence-electron chi connectivity index (χ0n) is 16.6. The molecule has 6 heteroatoms. The molecule has 0 radical (unpaired) electrons. The molecule has 0 aliphatic rings. The molecular formula is C24H19N5O. The van der Waals surface area contributed by atoms with Crippen LogP contribution in [0.1, 0.15) is 22.3 Å². The fourth-order valence-corrected chi connectivity index (χ4v) is 3.30. The predicted octanol–water partition coefficient (Wildman–Crippen LogP) is 4.32. The van der Waals surface area contributed by atoms with Crippen molar-refractivity contribution >= 4 is 23.1 Å². The van der Waals surface area contributed by atoms with Gasteiger partial charge in [-0.05, 0) is 55.3 Å². The Labute approximate surface area is 173 Å². The van der Waals surface area contributed by atoms with E-state index in [4.69, 9.17) is 5.26 Å². The molecule has 0 unspecified atom stereocenters. The number of hydrazone groups is 1. The number of nitriles is 1. The largest absolute Gasteiger partial charge is 0.268 e. The number of aromatic nitrogens is 2.